The van der Waals surface area contributed by atoms with Crippen LogP contribution in [0.25, 0.3) is 0 Å². The summed E-state index contributed by atoms with van der Waals surface area (Å²) in [6.07, 6.45) is 1.25. The van der Waals surface area contributed by atoms with Crippen LogP contribution in [0.2, 0.25) is 0 Å². The van der Waals surface area contributed by atoms with E-state index in [2.05, 4.69) is 13.8 Å². The largest absolute Gasteiger partial charge is 0.351 e. The highest BCUT2D eigenvalue weighted by Gasteiger charge is 2.00. The van der Waals surface area contributed by atoms with Gasteiger partial charge in [0.05, 0.1) is 0 Å². The molecule has 0 saturated heterocycles. The van der Waals surface area contributed by atoms with E-state index in [0.717, 1.165) is 0 Å². The van der Waals surface area contributed by atoms with Gasteiger partial charge in [0.25, 0.3) is 0 Å². The van der Waals surface area contributed by atoms with E-state index in [1.54, 1.807) is 4.90 Å². The number of nitrogens with two attached hydrogens (primary N) is 1. The van der Waals surface area contributed by atoms with E-state index in [1.807, 2.05) is 13.8 Å². The summed E-state index contributed by atoms with van der Waals surface area (Å²) in [4.78, 5) is 11.9. The van der Waals surface area contributed by atoms with Gasteiger partial charge in [-0.2, -0.15) is 0 Å². The Morgan fingerprint density at radius 3 is 1.45 bits per heavy atom. The van der Waals surface area contributed by atoms with Crippen LogP contribution in [-0.4, -0.2) is 24.0 Å². The van der Waals surface area contributed by atoms with E-state index in [0.29, 0.717) is 13.1 Å². The first-order valence-corrected chi connectivity index (χ1v) is 4.18. The summed E-state index contributed by atoms with van der Waals surface area (Å²) in [6, 6.07) is -0.338. The molecule has 0 aliphatic carbocycles. The van der Waals surface area contributed by atoms with Gasteiger partial charge in [0.15, 0.2) is 0 Å². The smallest absolute Gasteiger partial charge is 0.314 e. The topological polar surface area (TPSA) is 46.3 Å². The predicted molar refractivity (Wildman–Crippen MR) is 48.5 cm³/mol. The Balaban J connectivity index is 0. The Hall–Kier alpha value is -0.730. The molecule has 0 radical (unpaired) electrons. The Kier molecular flexibility index (Phi) is 10.9. The number of primary amides is 1. The average molecular weight is 160 g/mol. The lowest BCUT2D eigenvalue weighted by Gasteiger charge is -2.13. The van der Waals surface area contributed by atoms with Crippen LogP contribution < -0.4 is 5.73 Å². The molecule has 3 heteroatoms. The first-order chi connectivity index (χ1) is 5.13. The molecule has 0 aliphatic heterocycles. The summed E-state index contributed by atoms with van der Waals surface area (Å²) >= 11 is 0. The van der Waals surface area contributed by atoms with Crippen LogP contribution in [-0.2, 0) is 0 Å². The summed E-state index contributed by atoms with van der Waals surface area (Å²) in [6.45, 7) is 9.44. The fourth-order valence-electron chi connectivity index (χ4n) is 0.535. The van der Waals surface area contributed by atoms with Crippen molar-refractivity contribution in [1.82, 2.24) is 4.90 Å². The molecule has 2 N–H and O–H groups in total. The second-order valence-electron chi connectivity index (χ2n) is 2.22. The van der Waals surface area contributed by atoms with Crippen molar-refractivity contribution in [2.75, 3.05) is 13.1 Å². The van der Waals surface area contributed by atoms with Crippen LogP contribution >= 0.6 is 0 Å². The van der Waals surface area contributed by atoms with E-state index in [-0.39, 0.29) is 6.03 Å². The second kappa shape index (κ2) is 9.27. The Morgan fingerprint density at radius 2 is 1.45 bits per heavy atom. The molecule has 0 bridgehead atoms. The maximum Gasteiger partial charge on any atom is 0.314 e. The lowest BCUT2D eigenvalue weighted by molar-refractivity contribution is 0.213. The zero-order chi connectivity index (χ0) is 9.28. The minimum atomic E-state index is -0.338. The second-order valence-corrected chi connectivity index (χ2v) is 2.22. The molecule has 0 fully saturated rings. The summed E-state index contributed by atoms with van der Waals surface area (Å²) in [7, 11) is 0. The zero-order valence-electron chi connectivity index (χ0n) is 8.05. The number of hydrogen-bond donors (Lipinski definition) is 1. The number of urea groups is 1. The Morgan fingerprint density at radius 1 is 1.18 bits per heavy atom. The third kappa shape index (κ3) is 9.27. The summed E-state index contributed by atoms with van der Waals surface area (Å²) in [5.74, 6) is 0. The van der Waals surface area contributed by atoms with E-state index in [4.69, 9.17) is 5.73 Å². The summed E-state index contributed by atoms with van der Waals surface area (Å²) < 4.78 is 0. The van der Waals surface area contributed by atoms with Crippen LogP contribution in [0.1, 0.15) is 34.1 Å². The maximum absolute atomic E-state index is 10.3. The number of carbonyl (C=O) groups is 1. The van der Waals surface area contributed by atoms with Gasteiger partial charge < -0.3 is 10.6 Å². The van der Waals surface area contributed by atoms with Gasteiger partial charge in [-0.1, -0.05) is 20.3 Å². The van der Waals surface area contributed by atoms with Gasteiger partial charge in [-0.3, -0.25) is 0 Å². The summed E-state index contributed by atoms with van der Waals surface area (Å²) in [5, 5.41) is 0. The van der Waals surface area contributed by atoms with Crippen LogP contribution in [0.4, 0.5) is 4.79 Å². The van der Waals surface area contributed by atoms with Crippen molar-refractivity contribution in [3.63, 3.8) is 0 Å². The number of hydrogen-bond acceptors (Lipinski definition) is 1. The summed E-state index contributed by atoms with van der Waals surface area (Å²) in [5.41, 5.74) is 4.94. The number of amides is 2. The predicted octanol–water partition coefficient (Wildman–Crippen LogP) is 1.82. The molecule has 2 amide bonds. The van der Waals surface area contributed by atoms with Crippen LogP contribution in [0.5, 0.6) is 0 Å². The molecule has 0 unspecified atom stereocenters. The number of carbonyl (C=O) groups excluding carboxylic acids is 1. The molecule has 0 heterocycles. The number of rotatable bonds is 2. The lowest BCUT2D eigenvalue weighted by Crippen LogP contribution is -2.35. The number of nitrogens with zero attached hydrogens (tertiary/aromatic N) is 1. The molecular formula is C8H20N2O. The van der Waals surface area contributed by atoms with E-state index in [1.165, 1.54) is 6.42 Å². The molecule has 0 saturated carbocycles. The molecule has 0 aromatic rings. The molecule has 68 valence electrons. The maximum atomic E-state index is 10.3. The fourth-order valence-corrected chi connectivity index (χ4v) is 0.535. The SMILES string of the molecule is CCC.CCN(CC)C(N)=O. The molecule has 11 heavy (non-hydrogen) atoms. The van der Waals surface area contributed by atoms with Gasteiger partial charge >= 0.3 is 6.03 Å². The van der Waals surface area contributed by atoms with E-state index < -0.39 is 0 Å². The minimum Gasteiger partial charge on any atom is -0.351 e. The fraction of sp³-hybridized carbons (Fsp3) is 0.875. The van der Waals surface area contributed by atoms with Crippen LogP contribution in [0, 0.1) is 0 Å². The third-order valence-corrected chi connectivity index (χ3v) is 1.08. The lowest BCUT2D eigenvalue weighted by atomic mass is 10.5. The minimum absolute atomic E-state index is 0.338. The van der Waals surface area contributed by atoms with Gasteiger partial charge in [-0.05, 0) is 13.8 Å². The molecule has 3 nitrogen and oxygen atoms in total. The first-order valence-electron chi connectivity index (χ1n) is 4.18. The van der Waals surface area contributed by atoms with Gasteiger partial charge in [-0.15, -0.1) is 0 Å². The van der Waals surface area contributed by atoms with Crippen molar-refractivity contribution in [3.05, 3.63) is 0 Å². The molecule has 0 rings (SSSR count). The standard InChI is InChI=1S/C5H12N2O.C3H8/c1-3-7(4-2)5(6)8;1-3-2/h3-4H2,1-2H3,(H2,6,8);3H2,1-2H3. The molecular weight excluding hydrogens is 140 g/mol. The van der Waals surface area contributed by atoms with E-state index in [9.17, 15) is 4.79 Å². The van der Waals surface area contributed by atoms with Gasteiger partial charge in [0.2, 0.25) is 0 Å². The highest BCUT2D eigenvalue weighted by molar-refractivity contribution is 5.71. The third-order valence-electron chi connectivity index (χ3n) is 1.08. The molecule has 0 aromatic heterocycles. The van der Waals surface area contributed by atoms with Crippen LogP contribution in [0.15, 0.2) is 0 Å². The van der Waals surface area contributed by atoms with Crippen molar-refractivity contribution >= 4 is 6.03 Å². The first kappa shape index (κ1) is 12.9. The van der Waals surface area contributed by atoms with E-state index >= 15 is 0 Å². The average Bonchev–Trinajstić information content (AvgIpc) is 1.91. The van der Waals surface area contributed by atoms with Gasteiger partial charge in [0, 0.05) is 13.1 Å². The van der Waals surface area contributed by atoms with Crippen molar-refractivity contribution in [3.8, 4) is 0 Å². The Labute approximate surface area is 69.6 Å². The quantitative estimate of drug-likeness (QED) is 0.658. The molecule has 0 atom stereocenters. The van der Waals surface area contributed by atoms with Crippen molar-refractivity contribution in [2.45, 2.75) is 34.1 Å². The molecule has 0 aliphatic rings. The normalized spacial score (nSPS) is 8.00. The monoisotopic (exact) mass is 160 g/mol. The van der Waals surface area contributed by atoms with Gasteiger partial charge in [0.1, 0.15) is 0 Å². The van der Waals surface area contributed by atoms with Crippen molar-refractivity contribution in [2.24, 2.45) is 5.73 Å². The van der Waals surface area contributed by atoms with Crippen molar-refractivity contribution in [1.29, 1.82) is 0 Å². The van der Waals surface area contributed by atoms with Crippen LogP contribution in [0.3, 0.4) is 0 Å². The Bertz CT molecular complexity index is 90.1. The zero-order valence-corrected chi connectivity index (χ0v) is 8.05. The van der Waals surface area contributed by atoms with Gasteiger partial charge in [-0.25, -0.2) is 4.79 Å². The molecule has 0 aromatic carbocycles. The van der Waals surface area contributed by atoms with Crippen molar-refractivity contribution < 1.29 is 4.79 Å². The highest BCUT2D eigenvalue weighted by Crippen LogP contribution is 1.82. The highest BCUT2D eigenvalue weighted by atomic mass is 16.2. The molecule has 0 spiro atoms.